The molecule has 162 valence electrons. The van der Waals surface area contributed by atoms with E-state index < -0.39 is 0 Å². The van der Waals surface area contributed by atoms with Crippen LogP contribution >= 0.6 is 23.2 Å². The minimum absolute atomic E-state index is 0.0217. The van der Waals surface area contributed by atoms with E-state index in [1.165, 1.54) is 6.08 Å². The monoisotopic (exact) mass is 464 g/mol. The molecule has 1 fully saturated rings. The van der Waals surface area contributed by atoms with Gasteiger partial charge in [0.2, 0.25) is 0 Å². The van der Waals surface area contributed by atoms with E-state index in [9.17, 15) is 10.1 Å². The molecule has 3 aromatic carbocycles. The van der Waals surface area contributed by atoms with E-state index in [0.717, 1.165) is 42.0 Å². The van der Waals surface area contributed by atoms with Crippen molar-refractivity contribution in [3.8, 4) is 11.8 Å². The number of hydrogen-bond acceptors (Lipinski definition) is 3. The molecule has 0 unspecified atom stereocenters. The summed E-state index contributed by atoms with van der Waals surface area (Å²) in [6.07, 6.45) is 5.59. The second kappa shape index (κ2) is 10.1. The van der Waals surface area contributed by atoms with Crippen molar-refractivity contribution < 1.29 is 9.53 Å². The van der Waals surface area contributed by atoms with E-state index in [-0.39, 0.29) is 17.5 Å². The molecule has 0 aromatic heterocycles. The van der Waals surface area contributed by atoms with Crippen LogP contribution < -0.4 is 10.1 Å². The molecule has 0 spiro atoms. The predicted octanol–water partition coefficient (Wildman–Crippen LogP) is 6.69. The number of rotatable bonds is 6. The molecule has 0 saturated heterocycles. The molecule has 1 aliphatic carbocycles. The lowest BCUT2D eigenvalue weighted by Gasteiger charge is -2.13. The Hall–Kier alpha value is -3.00. The number of nitriles is 1. The predicted molar refractivity (Wildman–Crippen MR) is 129 cm³/mol. The van der Waals surface area contributed by atoms with Gasteiger partial charge in [0.1, 0.15) is 18.2 Å². The SMILES string of the molecule is N#C/C(=C/c1cc(Cl)c(OCc2cccc3ccccc23)c(Cl)c1)C(=O)NC1CCCC1. The smallest absolute Gasteiger partial charge is 0.262 e. The average molecular weight is 465 g/mol. The number of carbonyl (C=O) groups is 1. The minimum atomic E-state index is -0.372. The molecular formula is C26H22Cl2N2O2. The number of carbonyl (C=O) groups excluding carboxylic acids is 1. The Morgan fingerprint density at radius 3 is 2.50 bits per heavy atom. The Morgan fingerprint density at radius 1 is 1.09 bits per heavy atom. The van der Waals surface area contributed by atoms with Gasteiger partial charge in [0.15, 0.2) is 5.75 Å². The maximum atomic E-state index is 12.4. The first-order valence-electron chi connectivity index (χ1n) is 10.6. The summed E-state index contributed by atoms with van der Waals surface area (Å²) in [5, 5.41) is 15.2. The molecule has 4 nitrogen and oxygen atoms in total. The van der Waals surface area contributed by atoms with Crippen LogP contribution in [-0.4, -0.2) is 11.9 Å². The lowest BCUT2D eigenvalue weighted by atomic mass is 10.1. The zero-order valence-electron chi connectivity index (χ0n) is 17.4. The van der Waals surface area contributed by atoms with Crippen molar-refractivity contribution in [1.82, 2.24) is 5.32 Å². The fourth-order valence-corrected chi connectivity index (χ4v) is 4.63. The highest BCUT2D eigenvalue weighted by atomic mass is 35.5. The van der Waals surface area contributed by atoms with E-state index in [2.05, 4.69) is 17.4 Å². The summed E-state index contributed by atoms with van der Waals surface area (Å²) < 4.78 is 5.96. The van der Waals surface area contributed by atoms with Crippen molar-refractivity contribution in [2.75, 3.05) is 0 Å². The van der Waals surface area contributed by atoms with Crippen LogP contribution in [-0.2, 0) is 11.4 Å². The van der Waals surface area contributed by atoms with Gasteiger partial charge < -0.3 is 10.1 Å². The topological polar surface area (TPSA) is 62.1 Å². The molecule has 0 atom stereocenters. The first kappa shape index (κ1) is 22.2. The Bertz CT molecular complexity index is 1200. The Balaban J connectivity index is 1.51. The van der Waals surface area contributed by atoms with Gasteiger partial charge in [0.05, 0.1) is 10.0 Å². The van der Waals surface area contributed by atoms with Gasteiger partial charge >= 0.3 is 0 Å². The lowest BCUT2D eigenvalue weighted by molar-refractivity contribution is -0.117. The first-order chi connectivity index (χ1) is 15.5. The van der Waals surface area contributed by atoms with Crippen molar-refractivity contribution in [1.29, 1.82) is 5.26 Å². The van der Waals surface area contributed by atoms with E-state index in [1.807, 2.05) is 36.4 Å². The first-order valence-corrected chi connectivity index (χ1v) is 11.3. The standard InChI is InChI=1S/C26H22Cl2N2O2/c27-23-13-17(12-20(15-29)26(31)30-21-9-2-3-10-21)14-24(28)25(23)32-16-19-8-5-7-18-6-1-4-11-22(18)19/h1,4-8,11-14,21H,2-3,9-10,16H2,(H,30,31)/b20-12-. The molecule has 1 saturated carbocycles. The molecule has 6 heteroatoms. The van der Waals surface area contributed by atoms with Crippen LogP contribution in [0.3, 0.4) is 0 Å². The van der Waals surface area contributed by atoms with Crippen molar-refractivity contribution in [2.45, 2.75) is 38.3 Å². The summed E-state index contributed by atoms with van der Waals surface area (Å²) in [5.41, 5.74) is 1.61. The lowest BCUT2D eigenvalue weighted by Crippen LogP contribution is -2.33. The summed E-state index contributed by atoms with van der Waals surface area (Å²) in [7, 11) is 0. The number of nitrogens with zero attached hydrogens (tertiary/aromatic N) is 1. The van der Waals surface area contributed by atoms with Gasteiger partial charge in [-0.05, 0) is 52.9 Å². The molecule has 3 aromatic rings. The third kappa shape index (κ3) is 5.07. The fraction of sp³-hybridized carbons (Fsp3) is 0.231. The minimum Gasteiger partial charge on any atom is -0.486 e. The van der Waals surface area contributed by atoms with E-state index in [1.54, 1.807) is 12.1 Å². The van der Waals surface area contributed by atoms with Crippen molar-refractivity contribution in [2.24, 2.45) is 0 Å². The maximum absolute atomic E-state index is 12.4. The van der Waals surface area contributed by atoms with Crippen LogP contribution in [0.4, 0.5) is 0 Å². The Labute approximate surface area is 197 Å². The molecule has 1 N–H and O–H groups in total. The summed E-state index contributed by atoms with van der Waals surface area (Å²) in [6, 6.07) is 19.5. The number of benzene rings is 3. The highest BCUT2D eigenvalue weighted by Crippen LogP contribution is 2.36. The second-order valence-electron chi connectivity index (χ2n) is 7.87. The molecular weight excluding hydrogens is 443 g/mol. The third-order valence-electron chi connectivity index (χ3n) is 5.64. The van der Waals surface area contributed by atoms with Crippen molar-refractivity contribution in [3.05, 3.63) is 81.3 Å². The highest BCUT2D eigenvalue weighted by molar-refractivity contribution is 6.37. The number of ether oxygens (including phenoxy) is 1. The van der Waals surface area contributed by atoms with Gasteiger partial charge in [-0.25, -0.2) is 0 Å². The van der Waals surface area contributed by atoms with Crippen LogP contribution in [0.5, 0.6) is 5.75 Å². The maximum Gasteiger partial charge on any atom is 0.262 e. The number of fused-ring (bicyclic) bond motifs is 1. The quantitative estimate of drug-likeness (QED) is 0.326. The zero-order valence-corrected chi connectivity index (χ0v) is 18.9. The number of halogens is 2. The van der Waals surface area contributed by atoms with Gasteiger partial charge in [-0.15, -0.1) is 0 Å². The largest absolute Gasteiger partial charge is 0.486 e. The number of nitrogens with one attached hydrogen (secondary N) is 1. The zero-order chi connectivity index (χ0) is 22.5. The highest BCUT2D eigenvalue weighted by Gasteiger charge is 2.19. The molecule has 4 rings (SSSR count). The Morgan fingerprint density at radius 2 is 1.78 bits per heavy atom. The fourth-order valence-electron chi connectivity index (χ4n) is 4.02. The van der Waals surface area contributed by atoms with Gasteiger partial charge in [-0.3, -0.25) is 4.79 Å². The van der Waals surface area contributed by atoms with Crippen molar-refractivity contribution in [3.63, 3.8) is 0 Å². The van der Waals surface area contributed by atoms with Gasteiger partial charge in [-0.2, -0.15) is 5.26 Å². The molecule has 1 amide bonds. The summed E-state index contributed by atoms with van der Waals surface area (Å²) in [6.45, 7) is 0.309. The van der Waals surface area contributed by atoms with Crippen molar-refractivity contribution >= 4 is 46.0 Å². The van der Waals surface area contributed by atoms with Crippen LogP contribution in [0.1, 0.15) is 36.8 Å². The number of amides is 1. The summed E-state index contributed by atoms with van der Waals surface area (Å²) >= 11 is 12.9. The van der Waals surface area contributed by atoms with E-state index in [4.69, 9.17) is 27.9 Å². The second-order valence-corrected chi connectivity index (χ2v) is 8.68. The van der Waals surface area contributed by atoms with Gasteiger partial charge in [0.25, 0.3) is 5.91 Å². The molecule has 1 aliphatic rings. The normalized spacial score (nSPS) is 14.3. The Kier molecular flexibility index (Phi) is 6.99. The van der Waals surface area contributed by atoms with Crippen LogP contribution in [0.15, 0.2) is 60.2 Å². The van der Waals surface area contributed by atoms with E-state index >= 15 is 0 Å². The average Bonchev–Trinajstić information content (AvgIpc) is 3.30. The summed E-state index contributed by atoms with van der Waals surface area (Å²) in [5.74, 6) is -0.00439. The van der Waals surface area contributed by atoms with Gasteiger partial charge in [-0.1, -0.05) is 78.5 Å². The molecule has 32 heavy (non-hydrogen) atoms. The molecule has 0 bridgehead atoms. The molecule has 0 radical (unpaired) electrons. The van der Waals surface area contributed by atoms with Gasteiger partial charge in [0, 0.05) is 6.04 Å². The summed E-state index contributed by atoms with van der Waals surface area (Å²) in [4.78, 5) is 12.4. The molecule has 0 aliphatic heterocycles. The van der Waals surface area contributed by atoms with Crippen LogP contribution in [0.25, 0.3) is 16.8 Å². The molecule has 0 heterocycles. The third-order valence-corrected chi connectivity index (χ3v) is 6.20. The number of hydrogen-bond donors (Lipinski definition) is 1. The van der Waals surface area contributed by atoms with E-state index in [0.29, 0.717) is 28.0 Å². The van der Waals surface area contributed by atoms with Crippen LogP contribution in [0.2, 0.25) is 10.0 Å². The van der Waals surface area contributed by atoms with Crippen LogP contribution in [0, 0.1) is 11.3 Å².